The van der Waals surface area contributed by atoms with Crippen LogP contribution in [-0.2, 0) is 5.41 Å². The number of nitrogens with zero attached hydrogens (tertiary/aromatic N) is 1. The fraction of sp³-hybridized carbons (Fsp3) is 0.562. The Morgan fingerprint density at radius 1 is 1.47 bits per heavy atom. The Morgan fingerprint density at radius 2 is 2.21 bits per heavy atom. The van der Waals surface area contributed by atoms with Gasteiger partial charge in [0.1, 0.15) is 11.2 Å². The van der Waals surface area contributed by atoms with Crippen molar-refractivity contribution in [3.05, 3.63) is 29.8 Å². The number of para-hydroxylation sites is 1. The molecule has 1 aromatic rings. The van der Waals surface area contributed by atoms with Gasteiger partial charge in [0.05, 0.1) is 18.8 Å². The Balaban J connectivity index is 2.42. The van der Waals surface area contributed by atoms with E-state index in [2.05, 4.69) is 13.0 Å². The summed E-state index contributed by atoms with van der Waals surface area (Å²) in [6, 6.07) is 9.95. The summed E-state index contributed by atoms with van der Waals surface area (Å²) in [6.45, 7) is 4.60. The molecule has 0 aromatic heterocycles. The second-order valence-corrected chi connectivity index (χ2v) is 5.39. The van der Waals surface area contributed by atoms with Crippen molar-refractivity contribution in [1.29, 1.82) is 5.26 Å². The summed E-state index contributed by atoms with van der Waals surface area (Å²) in [4.78, 5) is 0. The second-order valence-electron chi connectivity index (χ2n) is 5.39. The number of aliphatic hydroxyl groups excluding tert-OH is 1. The van der Waals surface area contributed by atoms with E-state index < -0.39 is 11.5 Å². The summed E-state index contributed by atoms with van der Waals surface area (Å²) in [5.41, 5.74) is 0.00266. The quantitative estimate of drug-likeness (QED) is 0.904. The van der Waals surface area contributed by atoms with Crippen molar-refractivity contribution in [1.82, 2.24) is 0 Å². The van der Waals surface area contributed by atoms with Gasteiger partial charge in [0.2, 0.25) is 0 Å². The van der Waals surface area contributed by atoms with Crippen molar-refractivity contribution in [2.45, 2.75) is 44.6 Å². The van der Waals surface area contributed by atoms with Crippen LogP contribution in [0.1, 0.15) is 38.7 Å². The summed E-state index contributed by atoms with van der Waals surface area (Å²) < 4.78 is 5.61. The number of benzene rings is 1. The molecule has 0 aliphatic carbocycles. The predicted molar refractivity (Wildman–Crippen MR) is 73.9 cm³/mol. The van der Waals surface area contributed by atoms with Gasteiger partial charge in [-0.1, -0.05) is 38.5 Å². The Kier molecular flexibility index (Phi) is 4.11. The third-order valence-corrected chi connectivity index (χ3v) is 4.11. The first-order valence-corrected chi connectivity index (χ1v) is 6.97. The number of hydrogen-bond acceptors (Lipinski definition) is 3. The molecule has 3 atom stereocenters. The third kappa shape index (κ3) is 2.33. The summed E-state index contributed by atoms with van der Waals surface area (Å²) >= 11 is 0. The molecule has 3 nitrogen and oxygen atoms in total. The minimum atomic E-state index is -0.830. The number of fused-ring (bicyclic) bond motifs is 1. The Labute approximate surface area is 114 Å². The fourth-order valence-electron chi connectivity index (χ4n) is 3.01. The molecule has 0 bridgehead atoms. The van der Waals surface area contributed by atoms with Crippen molar-refractivity contribution in [2.75, 3.05) is 6.61 Å². The Morgan fingerprint density at radius 3 is 2.89 bits per heavy atom. The van der Waals surface area contributed by atoms with Crippen LogP contribution >= 0.6 is 0 Å². The summed E-state index contributed by atoms with van der Waals surface area (Å²) in [5, 5.41) is 20.4. The molecule has 1 heterocycles. The number of rotatable bonds is 4. The number of hydrogen-bond donors (Lipinski definition) is 1. The Bertz CT molecular complexity index is 480. The lowest BCUT2D eigenvalue weighted by molar-refractivity contribution is 0.0355. The van der Waals surface area contributed by atoms with E-state index in [1.54, 1.807) is 0 Å². The van der Waals surface area contributed by atoms with Crippen molar-refractivity contribution in [3.8, 4) is 11.8 Å². The van der Waals surface area contributed by atoms with E-state index >= 15 is 0 Å². The van der Waals surface area contributed by atoms with Crippen LogP contribution in [0.25, 0.3) is 0 Å². The average molecular weight is 259 g/mol. The zero-order chi connectivity index (χ0) is 13.9. The molecule has 0 fully saturated rings. The van der Waals surface area contributed by atoms with Crippen LogP contribution in [0.3, 0.4) is 0 Å². The lowest BCUT2D eigenvalue weighted by Crippen LogP contribution is -2.45. The van der Waals surface area contributed by atoms with E-state index in [9.17, 15) is 10.4 Å². The molecular weight excluding hydrogens is 238 g/mol. The molecule has 1 aliphatic heterocycles. The molecule has 0 saturated carbocycles. The number of ether oxygens (including phenoxy) is 1. The van der Waals surface area contributed by atoms with Crippen molar-refractivity contribution in [3.63, 3.8) is 0 Å². The molecule has 19 heavy (non-hydrogen) atoms. The summed E-state index contributed by atoms with van der Waals surface area (Å²) in [7, 11) is 0. The van der Waals surface area contributed by atoms with Crippen LogP contribution < -0.4 is 4.74 Å². The molecule has 3 heteroatoms. The highest BCUT2D eigenvalue weighted by molar-refractivity contribution is 5.46. The van der Waals surface area contributed by atoms with Crippen LogP contribution in [0.4, 0.5) is 0 Å². The third-order valence-electron chi connectivity index (χ3n) is 4.11. The first-order valence-electron chi connectivity index (χ1n) is 6.97. The van der Waals surface area contributed by atoms with Crippen molar-refractivity contribution < 1.29 is 9.84 Å². The molecule has 1 N–H and O–H groups in total. The molecular formula is C16H21NO2. The number of aliphatic hydroxyl groups is 1. The van der Waals surface area contributed by atoms with Gasteiger partial charge in [-0.2, -0.15) is 5.26 Å². The van der Waals surface area contributed by atoms with E-state index in [0.29, 0.717) is 13.0 Å². The van der Waals surface area contributed by atoms with Crippen LogP contribution in [0.15, 0.2) is 24.3 Å². The van der Waals surface area contributed by atoms with E-state index in [1.165, 1.54) is 0 Å². The molecule has 0 amide bonds. The molecule has 1 aliphatic rings. The lowest BCUT2D eigenvalue weighted by atomic mass is 9.69. The van der Waals surface area contributed by atoms with Crippen LogP contribution in [0.5, 0.6) is 5.75 Å². The second kappa shape index (κ2) is 5.63. The van der Waals surface area contributed by atoms with E-state index in [1.807, 2.05) is 31.2 Å². The molecule has 102 valence electrons. The standard InChI is InChI=1S/C16H21NO2/c1-3-6-12(2)15(18)16(11-17)9-10-19-14-8-5-4-7-13(14)16/h4-5,7-8,12,15,18H,3,6,9-10H2,1-2H3. The minimum Gasteiger partial charge on any atom is -0.493 e. The van der Waals surface area contributed by atoms with Gasteiger partial charge in [-0.05, 0) is 18.4 Å². The van der Waals surface area contributed by atoms with Gasteiger partial charge in [0.25, 0.3) is 0 Å². The average Bonchev–Trinajstić information content (AvgIpc) is 2.46. The highest BCUT2D eigenvalue weighted by Crippen LogP contribution is 2.43. The maximum absolute atomic E-state index is 10.7. The highest BCUT2D eigenvalue weighted by Gasteiger charge is 2.46. The maximum atomic E-state index is 10.7. The molecule has 1 aromatic carbocycles. The molecule has 3 unspecified atom stereocenters. The van der Waals surface area contributed by atoms with Gasteiger partial charge in [-0.15, -0.1) is 0 Å². The van der Waals surface area contributed by atoms with Crippen LogP contribution in [0.2, 0.25) is 0 Å². The normalized spacial score (nSPS) is 24.7. The van der Waals surface area contributed by atoms with E-state index in [0.717, 1.165) is 24.2 Å². The number of nitriles is 1. The van der Waals surface area contributed by atoms with Gasteiger partial charge in [0.15, 0.2) is 0 Å². The largest absolute Gasteiger partial charge is 0.493 e. The molecule has 0 radical (unpaired) electrons. The van der Waals surface area contributed by atoms with Crippen LogP contribution in [0, 0.1) is 17.2 Å². The Hall–Kier alpha value is -1.53. The highest BCUT2D eigenvalue weighted by atomic mass is 16.5. The van der Waals surface area contributed by atoms with E-state index in [-0.39, 0.29) is 5.92 Å². The van der Waals surface area contributed by atoms with Gasteiger partial charge in [0, 0.05) is 12.0 Å². The zero-order valence-corrected chi connectivity index (χ0v) is 11.6. The predicted octanol–water partition coefficient (Wildman–Crippen LogP) is 3.03. The molecule has 2 rings (SSSR count). The monoisotopic (exact) mass is 259 g/mol. The van der Waals surface area contributed by atoms with Gasteiger partial charge in [-0.3, -0.25) is 0 Å². The van der Waals surface area contributed by atoms with Gasteiger partial charge < -0.3 is 9.84 Å². The first-order chi connectivity index (χ1) is 9.15. The van der Waals surface area contributed by atoms with Gasteiger partial charge in [-0.25, -0.2) is 0 Å². The zero-order valence-electron chi connectivity index (χ0n) is 11.6. The summed E-state index contributed by atoms with van der Waals surface area (Å²) in [6.07, 6.45) is 1.84. The summed E-state index contributed by atoms with van der Waals surface area (Å²) in [5.74, 6) is 0.842. The van der Waals surface area contributed by atoms with Crippen molar-refractivity contribution in [2.24, 2.45) is 5.92 Å². The molecule has 0 spiro atoms. The smallest absolute Gasteiger partial charge is 0.124 e. The SMILES string of the molecule is CCCC(C)C(O)C1(C#N)CCOc2ccccc21. The van der Waals surface area contributed by atoms with Crippen molar-refractivity contribution >= 4 is 0 Å². The fourth-order valence-corrected chi connectivity index (χ4v) is 3.01. The topological polar surface area (TPSA) is 53.2 Å². The minimum absolute atomic E-state index is 0.107. The molecule has 0 saturated heterocycles. The first kappa shape index (κ1) is 13.9. The van der Waals surface area contributed by atoms with Gasteiger partial charge >= 0.3 is 0 Å². The van der Waals surface area contributed by atoms with E-state index in [4.69, 9.17) is 4.74 Å². The van der Waals surface area contributed by atoms with Crippen LogP contribution in [-0.4, -0.2) is 17.8 Å². The lowest BCUT2D eigenvalue weighted by Gasteiger charge is -2.39. The maximum Gasteiger partial charge on any atom is 0.124 e.